The van der Waals surface area contributed by atoms with Crippen LogP contribution in [0, 0.1) is 5.82 Å². The fraction of sp³-hybridized carbons (Fsp3) is 0.133. The van der Waals surface area contributed by atoms with E-state index in [-0.39, 0.29) is 5.02 Å². The van der Waals surface area contributed by atoms with Gasteiger partial charge in [0.1, 0.15) is 5.82 Å². The number of benzene rings is 2. The number of hydrogen-bond donors (Lipinski definition) is 1. The van der Waals surface area contributed by atoms with Gasteiger partial charge in [-0.05, 0) is 29.7 Å². The van der Waals surface area contributed by atoms with Gasteiger partial charge in [0.15, 0.2) is 0 Å². The van der Waals surface area contributed by atoms with Crippen molar-refractivity contribution in [2.24, 2.45) is 0 Å². The molecule has 0 radical (unpaired) electrons. The summed E-state index contributed by atoms with van der Waals surface area (Å²) in [5, 5.41) is 9.05. The van der Waals surface area contributed by atoms with Crippen LogP contribution < -0.4 is 0 Å². The highest BCUT2D eigenvalue weighted by molar-refractivity contribution is 6.33. The topological polar surface area (TPSA) is 37.3 Å². The standard InChI is InChI=1S/C15H12ClFO2/c1-2-9-3-5-10(6-4-9)11-8-14(17)12(15(18)19)7-13(11)16/h3-8H,2H2,1H3,(H,18,19). The van der Waals surface area contributed by atoms with Crippen molar-refractivity contribution in [1.82, 2.24) is 0 Å². The summed E-state index contributed by atoms with van der Waals surface area (Å²) in [4.78, 5) is 10.8. The first-order chi connectivity index (χ1) is 9.02. The highest BCUT2D eigenvalue weighted by Gasteiger charge is 2.15. The molecule has 0 spiro atoms. The number of carbonyl (C=O) groups is 1. The van der Waals surface area contributed by atoms with Crippen molar-refractivity contribution >= 4 is 17.6 Å². The molecule has 0 fully saturated rings. The molecule has 98 valence electrons. The zero-order valence-electron chi connectivity index (χ0n) is 10.3. The lowest BCUT2D eigenvalue weighted by Crippen LogP contribution is -2.01. The van der Waals surface area contributed by atoms with E-state index >= 15 is 0 Å². The minimum absolute atomic E-state index is 0.225. The SMILES string of the molecule is CCc1ccc(-c2cc(F)c(C(=O)O)cc2Cl)cc1. The van der Waals surface area contributed by atoms with Gasteiger partial charge in [-0.3, -0.25) is 0 Å². The molecule has 2 rings (SSSR count). The van der Waals surface area contributed by atoms with Crippen LogP contribution in [-0.2, 0) is 6.42 Å². The van der Waals surface area contributed by atoms with Crippen LogP contribution in [0.15, 0.2) is 36.4 Å². The average molecular weight is 279 g/mol. The second kappa shape index (κ2) is 5.41. The fourth-order valence-electron chi connectivity index (χ4n) is 1.85. The molecule has 0 aliphatic carbocycles. The number of rotatable bonds is 3. The number of carboxylic acids is 1. The maximum atomic E-state index is 13.7. The van der Waals surface area contributed by atoms with E-state index in [9.17, 15) is 9.18 Å². The molecule has 0 unspecified atom stereocenters. The molecule has 0 heterocycles. The summed E-state index contributed by atoms with van der Waals surface area (Å²) in [6.07, 6.45) is 0.917. The van der Waals surface area contributed by atoms with Gasteiger partial charge < -0.3 is 5.11 Å². The van der Waals surface area contributed by atoms with E-state index in [0.29, 0.717) is 5.56 Å². The Morgan fingerprint density at radius 2 is 1.89 bits per heavy atom. The first-order valence-electron chi connectivity index (χ1n) is 5.84. The van der Waals surface area contributed by atoms with Gasteiger partial charge in [-0.2, -0.15) is 0 Å². The van der Waals surface area contributed by atoms with Gasteiger partial charge in [-0.15, -0.1) is 0 Å². The van der Waals surface area contributed by atoms with Crippen LogP contribution in [0.5, 0.6) is 0 Å². The maximum absolute atomic E-state index is 13.7. The predicted molar refractivity (Wildman–Crippen MR) is 73.2 cm³/mol. The Kier molecular flexibility index (Phi) is 3.86. The van der Waals surface area contributed by atoms with E-state index < -0.39 is 17.3 Å². The second-order valence-electron chi connectivity index (χ2n) is 4.17. The lowest BCUT2D eigenvalue weighted by Gasteiger charge is -2.08. The van der Waals surface area contributed by atoms with Gasteiger partial charge >= 0.3 is 5.97 Å². The zero-order chi connectivity index (χ0) is 14.0. The average Bonchev–Trinajstić information content (AvgIpc) is 2.41. The molecule has 19 heavy (non-hydrogen) atoms. The molecule has 0 saturated carbocycles. The highest BCUT2D eigenvalue weighted by atomic mass is 35.5. The van der Waals surface area contributed by atoms with Crippen molar-refractivity contribution < 1.29 is 14.3 Å². The lowest BCUT2D eigenvalue weighted by molar-refractivity contribution is 0.0692. The van der Waals surface area contributed by atoms with Crippen LogP contribution >= 0.6 is 11.6 Å². The molecule has 2 aromatic carbocycles. The molecule has 0 atom stereocenters. The van der Waals surface area contributed by atoms with Crippen LogP contribution in [0.4, 0.5) is 4.39 Å². The summed E-state index contributed by atoms with van der Waals surface area (Å²) in [7, 11) is 0. The van der Waals surface area contributed by atoms with Gasteiger partial charge in [0.05, 0.1) is 5.56 Å². The normalized spacial score (nSPS) is 10.5. The first kappa shape index (κ1) is 13.6. The quantitative estimate of drug-likeness (QED) is 0.903. The Morgan fingerprint density at radius 1 is 1.26 bits per heavy atom. The van der Waals surface area contributed by atoms with Gasteiger partial charge in [0, 0.05) is 10.6 Å². The van der Waals surface area contributed by atoms with Gasteiger partial charge in [-0.1, -0.05) is 42.8 Å². The van der Waals surface area contributed by atoms with Crippen molar-refractivity contribution in [1.29, 1.82) is 0 Å². The predicted octanol–water partition coefficient (Wildman–Crippen LogP) is 4.41. The highest BCUT2D eigenvalue weighted by Crippen LogP contribution is 2.30. The van der Waals surface area contributed by atoms with Crippen LogP contribution in [0.25, 0.3) is 11.1 Å². The second-order valence-corrected chi connectivity index (χ2v) is 4.57. The van der Waals surface area contributed by atoms with Crippen molar-refractivity contribution in [2.75, 3.05) is 0 Å². The van der Waals surface area contributed by atoms with Crippen molar-refractivity contribution in [3.8, 4) is 11.1 Å². The van der Waals surface area contributed by atoms with E-state index in [0.717, 1.165) is 24.1 Å². The summed E-state index contributed by atoms with van der Waals surface area (Å²) in [5.41, 5.74) is 2.01. The third-order valence-electron chi connectivity index (χ3n) is 2.96. The van der Waals surface area contributed by atoms with Crippen LogP contribution in [0.3, 0.4) is 0 Å². The van der Waals surface area contributed by atoms with Crippen molar-refractivity contribution in [3.63, 3.8) is 0 Å². The molecule has 0 saturated heterocycles. The molecule has 0 aromatic heterocycles. The largest absolute Gasteiger partial charge is 0.478 e. The monoisotopic (exact) mass is 278 g/mol. The summed E-state index contributed by atoms with van der Waals surface area (Å²) < 4.78 is 13.7. The fourth-order valence-corrected chi connectivity index (χ4v) is 2.12. The molecule has 0 amide bonds. The van der Waals surface area contributed by atoms with Crippen LogP contribution in [0.1, 0.15) is 22.8 Å². The van der Waals surface area contributed by atoms with E-state index in [2.05, 4.69) is 0 Å². The summed E-state index contributed by atoms with van der Waals surface area (Å²) in [6.45, 7) is 2.04. The van der Waals surface area contributed by atoms with Gasteiger partial charge in [-0.25, -0.2) is 9.18 Å². The van der Waals surface area contributed by atoms with Gasteiger partial charge in [0.2, 0.25) is 0 Å². The molecule has 0 bridgehead atoms. The molecule has 0 aliphatic rings. The number of hydrogen-bond acceptors (Lipinski definition) is 1. The lowest BCUT2D eigenvalue weighted by atomic mass is 10.0. The first-order valence-corrected chi connectivity index (χ1v) is 6.22. The molecule has 2 aromatic rings. The molecule has 4 heteroatoms. The number of aromatic carboxylic acids is 1. The Hall–Kier alpha value is -1.87. The molecule has 1 N–H and O–H groups in total. The minimum Gasteiger partial charge on any atom is -0.478 e. The zero-order valence-corrected chi connectivity index (χ0v) is 11.0. The maximum Gasteiger partial charge on any atom is 0.338 e. The number of aryl methyl sites for hydroxylation is 1. The van der Waals surface area contributed by atoms with Crippen molar-refractivity contribution in [3.05, 3.63) is 58.4 Å². The van der Waals surface area contributed by atoms with E-state index in [1.54, 1.807) is 0 Å². The molecular formula is C15H12ClFO2. The smallest absolute Gasteiger partial charge is 0.338 e. The molecule has 0 aliphatic heterocycles. The number of carboxylic acid groups (broad SMARTS) is 1. The van der Waals surface area contributed by atoms with Gasteiger partial charge in [0.25, 0.3) is 0 Å². The molecule has 2 nitrogen and oxygen atoms in total. The number of halogens is 2. The summed E-state index contributed by atoms with van der Waals surface area (Å²) >= 11 is 6.02. The van der Waals surface area contributed by atoms with E-state index in [1.807, 2.05) is 31.2 Å². The Morgan fingerprint density at radius 3 is 2.42 bits per heavy atom. The van der Waals surface area contributed by atoms with E-state index in [1.165, 1.54) is 5.56 Å². The Balaban J connectivity index is 2.50. The summed E-state index contributed by atoms with van der Waals surface area (Å²) in [6, 6.07) is 9.87. The van der Waals surface area contributed by atoms with E-state index in [4.69, 9.17) is 16.7 Å². The summed E-state index contributed by atoms with van der Waals surface area (Å²) in [5.74, 6) is -2.11. The third-order valence-corrected chi connectivity index (χ3v) is 3.27. The van der Waals surface area contributed by atoms with Crippen LogP contribution in [-0.4, -0.2) is 11.1 Å². The Labute approximate surface area is 115 Å². The minimum atomic E-state index is -1.33. The Bertz CT molecular complexity index is 621. The molecular weight excluding hydrogens is 267 g/mol. The van der Waals surface area contributed by atoms with Crippen LogP contribution in [0.2, 0.25) is 5.02 Å². The third kappa shape index (κ3) is 2.76. The van der Waals surface area contributed by atoms with Crippen molar-refractivity contribution in [2.45, 2.75) is 13.3 Å².